The molecule has 2 saturated heterocycles. The first kappa shape index (κ1) is 17.1. The molecule has 26 heavy (non-hydrogen) atoms. The average Bonchev–Trinajstić information content (AvgIpc) is 3.31. The highest BCUT2D eigenvalue weighted by Crippen LogP contribution is 2.29. The van der Waals surface area contributed by atoms with Crippen LogP contribution in [0.25, 0.3) is 11.0 Å². The van der Waals surface area contributed by atoms with Crippen molar-refractivity contribution in [2.24, 2.45) is 0 Å². The topological polar surface area (TPSA) is 80.2 Å². The van der Waals surface area contributed by atoms with Gasteiger partial charge in [0.15, 0.2) is 5.65 Å². The minimum Gasteiger partial charge on any atom is -0.376 e. The highest BCUT2D eigenvalue weighted by Gasteiger charge is 2.23. The lowest BCUT2D eigenvalue weighted by molar-refractivity contribution is 0.0849. The molecule has 2 aromatic heterocycles. The van der Waals surface area contributed by atoms with E-state index >= 15 is 0 Å². The molecule has 2 aromatic rings. The van der Waals surface area contributed by atoms with Crippen LogP contribution in [0.1, 0.15) is 47.6 Å². The fourth-order valence-electron chi connectivity index (χ4n) is 3.81. The SMILES string of the molecule is Cc1cc(C)c2c(N3CCCC3)nc(C(=O)NC[C@@H]3CCCO3)nc2n1. The number of anilines is 1. The van der Waals surface area contributed by atoms with Gasteiger partial charge < -0.3 is 15.0 Å². The first-order chi connectivity index (χ1) is 12.6. The van der Waals surface area contributed by atoms with E-state index < -0.39 is 0 Å². The number of amides is 1. The van der Waals surface area contributed by atoms with E-state index in [0.29, 0.717) is 12.2 Å². The third kappa shape index (κ3) is 3.35. The Morgan fingerprint density at radius 1 is 1.23 bits per heavy atom. The van der Waals surface area contributed by atoms with Gasteiger partial charge >= 0.3 is 0 Å². The molecule has 2 fully saturated rings. The monoisotopic (exact) mass is 355 g/mol. The molecule has 0 unspecified atom stereocenters. The maximum absolute atomic E-state index is 12.6. The maximum Gasteiger partial charge on any atom is 0.289 e. The Balaban J connectivity index is 1.69. The first-order valence-electron chi connectivity index (χ1n) is 9.42. The minimum atomic E-state index is -0.260. The Bertz CT molecular complexity index is 826. The summed E-state index contributed by atoms with van der Waals surface area (Å²) in [6.07, 6.45) is 4.42. The van der Waals surface area contributed by atoms with Crippen molar-refractivity contribution in [2.75, 3.05) is 31.1 Å². The van der Waals surface area contributed by atoms with Gasteiger partial charge in [-0.25, -0.2) is 15.0 Å². The summed E-state index contributed by atoms with van der Waals surface area (Å²) in [5.74, 6) is 0.762. The zero-order chi connectivity index (χ0) is 18.1. The summed E-state index contributed by atoms with van der Waals surface area (Å²) in [5, 5.41) is 3.87. The van der Waals surface area contributed by atoms with Gasteiger partial charge in [-0.2, -0.15) is 0 Å². The van der Waals surface area contributed by atoms with E-state index in [2.05, 4.69) is 32.1 Å². The van der Waals surface area contributed by atoms with Crippen molar-refractivity contribution in [3.05, 3.63) is 23.1 Å². The molecule has 2 aliphatic heterocycles. The van der Waals surface area contributed by atoms with E-state index in [0.717, 1.165) is 67.8 Å². The summed E-state index contributed by atoms with van der Waals surface area (Å²) in [6.45, 7) is 7.18. The Labute approximate surface area is 153 Å². The second kappa shape index (κ2) is 7.15. The maximum atomic E-state index is 12.6. The van der Waals surface area contributed by atoms with Crippen molar-refractivity contribution in [2.45, 2.75) is 45.6 Å². The number of pyridine rings is 1. The van der Waals surface area contributed by atoms with Gasteiger partial charge in [-0.15, -0.1) is 0 Å². The number of nitrogens with one attached hydrogen (secondary N) is 1. The Morgan fingerprint density at radius 3 is 2.77 bits per heavy atom. The van der Waals surface area contributed by atoms with Gasteiger partial charge in [0.2, 0.25) is 5.82 Å². The molecule has 1 amide bonds. The molecule has 4 rings (SSSR count). The Hall–Kier alpha value is -2.28. The summed E-state index contributed by atoms with van der Waals surface area (Å²) >= 11 is 0. The van der Waals surface area contributed by atoms with Gasteiger partial charge in [0.05, 0.1) is 11.5 Å². The van der Waals surface area contributed by atoms with Crippen LogP contribution in [-0.4, -0.2) is 53.2 Å². The van der Waals surface area contributed by atoms with E-state index in [1.54, 1.807) is 0 Å². The molecule has 1 N–H and O–H groups in total. The third-order valence-electron chi connectivity index (χ3n) is 5.10. The van der Waals surface area contributed by atoms with Crippen LogP contribution >= 0.6 is 0 Å². The van der Waals surface area contributed by atoms with Crippen LogP contribution in [0.5, 0.6) is 0 Å². The molecule has 1 atom stereocenters. The number of nitrogens with zero attached hydrogens (tertiary/aromatic N) is 4. The largest absolute Gasteiger partial charge is 0.376 e. The second-order valence-electron chi connectivity index (χ2n) is 7.19. The van der Waals surface area contributed by atoms with Gasteiger partial charge in [0.25, 0.3) is 5.91 Å². The summed E-state index contributed by atoms with van der Waals surface area (Å²) in [4.78, 5) is 28.6. The van der Waals surface area contributed by atoms with Gasteiger partial charge in [0, 0.05) is 31.9 Å². The van der Waals surface area contributed by atoms with E-state index in [1.807, 2.05) is 13.0 Å². The molecule has 2 aliphatic rings. The molecule has 7 nitrogen and oxygen atoms in total. The van der Waals surface area contributed by atoms with Gasteiger partial charge in [-0.05, 0) is 51.2 Å². The number of carbonyl (C=O) groups is 1. The van der Waals surface area contributed by atoms with Crippen molar-refractivity contribution in [1.82, 2.24) is 20.3 Å². The molecule has 0 radical (unpaired) electrons. The van der Waals surface area contributed by atoms with Gasteiger partial charge in [-0.1, -0.05) is 0 Å². The van der Waals surface area contributed by atoms with Crippen LogP contribution in [0, 0.1) is 13.8 Å². The molecule has 0 bridgehead atoms. The van der Waals surface area contributed by atoms with Crippen LogP contribution in [0.4, 0.5) is 5.82 Å². The lowest BCUT2D eigenvalue weighted by Crippen LogP contribution is -2.33. The van der Waals surface area contributed by atoms with Crippen molar-refractivity contribution >= 4 is 22.8 Å². The molecule has 0 spiro atoms. The molecule has 7 heteroatoms. The lowest BCUT2D eigenvalue weighted by atomic mass is 10.1. The highest BCUT2D eigenvalue weighted by molar-refractivity contribution is 5.96. The number of rotatable bonds is 4. The Morgan fingerprint density at radius 2 is 2.04 bits per heavy atom. The fourth-order valence-corrected chi connectivity index (χ4v) is 3.81. The predicted molar refractivity (Wildman–Crippen MR) is 99.6 cm³/mol. The van der Waals surface area contributed by atoms with E-state index in [-0.39, 0.29) is 17.8 Å². The van der Waals surface area contributed by atoms with Crippen molar-refractivity contribution in [3.8, 4) is 0 Å². The van der Waals surface area contributed by atoms with Crippen molar-refractivity contribution < 1.29 is 9.53 Å². The molecule has 0 saturated carbocycles. The molecular weight excluding hydrogens is 330 g/mol. The summed E-state index contributed by atoms with van der Waals surface area (Å²) in [5.41, 5.74) is 2.59. The summed E-state index contributed by atoms with van der Waals surface area (Å²) in [6, 6.07) is 2.04. The number of hydrogen-bond acceptors (Lipinski definition) is 6. The van der Waals surface area contributed by atoms with Crippen LogP contribution in [0.2, 0.25) is 0 Å². The second-order valence-corrected chi connectivity index (χ2v) is 7.19. The van der Waals surface area contributed by atoms with E-state index in [4.69, 9.17) is 4.74 Å². The number of ether oxygens (including phenoxy) is 1. The van der Waals surface area contributed by atoms with Crippen LogP contribution in [0.15, 0.2) is 6.07 Å². The van der Waals surface area contributed by atoms with E-state index in [9.17, 15) is 4.79 Å². The minimum absolute atomic E-state index is 0.0973. The standard InChI is InChI=1S/C19H25N5O2/c1-12-10-13(2)21-16-15(12)18(24-7-3-4-8-24)23-17(22-16)19(25)20-11-14-6-5-9-26-14/h10,14H,3-9,11H2,1-2H3,(H,20,25)/t14-/m0/s1. The lowest BCUT2D eigenvalue weighted by Gasteiger charge is -2.20. The van der Waals surface area contributed by atoms with Gasteiger partial charge in [-0.3, -0.25) is 4.79 Å². The molecule has 0 aromatic carbocycles. The zero-order valence-corrected chi connectivity index (χ0v) is 15.4. The van der Waals surface area contributed by atoms with E-state index in [1.165, 1.54) is 0 Å². The third-order valence-corrected chi connectivity index (χ3v) is 5.10. The number of carbonyl (C=O) groups excluding carboxylic acids is 1. The number of aromatic nitrogens is 3. The fraction of sp³-hybridized carbons (Fsp3) is 0.579. The molecule has 4 heterocycles. The highest BCUT2D eigenvalue weighted by atomic mass is 16.5. The first-order valence-corrected chi connectivity index (χ1v) is 9.42. The van der Waals surface area contributed by atoms with Crippen molar-refractivity contribution in [1.29, 1.82) is 0 Å². The number of aryl methyl sites for hydroxylation is 2. The van der Waals surface area contributed by atoms with Crippen LogP contribution in [-0.2, 0) is 4.74 Å². The predicted octanol–water partition coefficient (Wildman–Crippen LogP) is 2.15. The smallest absolute Gasteiger partial charge is 0.289 e. The summed E-state index contributed by atoms with van der Waals surface area (Å²) < 4.78 is 5.57. The molecule has 0 aliphatic carbocycles. The van der Waals surface area contributed by atoms with Gasteiger partial charge in [0.1, 0.15) is 5.82 Å². The quantitative estimate of drug-likeness (QED) is 0.905. The molecular formula is C19H25N5O2. The van der Waals surface area contributed by atoms with Crippen molar-refractivity contribution in [3.63, 3.8) is 0 Å². The normalized spacial score (nSPS) is 20.1. The molecule has 138 valence electrons. The Kier molecular flexibility index (Phi) is 4.72. The summed E-state index contributed by atoms with van der Waals surface area (Å²) in [7, 11) is 0. The van der Waals surface area contributed by atoms with Crippen LogP contribution < -0.4 is 10.2 Å². The van der Waals surface area contributed by atoms with Crippen LogP contribution in [0.3, 0.4) is 0 Å². The zero-order valence-electron chi connectivity index (χ0n) is 15.4. The average molecular weight is 355 g/mol. The number of hydrogen-bond donors (Lipinski definition) is 1. The number of fused-ring (bicyclic) bond motifs is 1.